The molecule has 0 saturated heterocycles. The Balaban J connectivity index is 1.81. The molecule has 1 fully saturated rings. The van der Waals surface area contributed by atoms with Crippen molar-refractivity contribution >= 4 is 11.7 Å². The van der Waals surface area contributed by atoms with Gasteiger partial charge in [-0.2, -0.15) is 0 Å². The van der Waals surface area contributed by atoms with Crippen LogP contribution >= 0.6 is 0 Å². The minimum atomic E-state index is -0.0246. The first-order valence-corrected chi connectivity index (χ1v) is 6.64. The molecule has 1 aliphatic carbocycles. The van der Waals surface area contributed by atoms with E-state index in [0.717, 1.165) is 24.0 Å². The number of amides is 1. The zero-order valence-corrected chi connectivity index (χ0v) is 11.3. The molecule has 0 unspecified atom stereocenters. The lowest BCUT2D eigenvalue weighted by Crippen LogP contribution is -2.25. The topological polar surface area (TPSA) is 80.9 Å². The van der Waals surface area contributed by atoms with Crippen LogP contribution < -0.4 is 11.1 Å². The minimum Gasteiger partial charge on any atom is -0.383 e. The standard InChI is InChI=1S/C15H16N4O/c1-9-8-17-14(19-13(9)16)10-2-4-11(5-3-10)15(20)18-12-6-7-12/h2-5,8,12H,6-7H2,1H3,(H,18,20)(H2,16,17,19). The van der Waals surface area contributed by atoms with Crippen molar-refractivity contribution in [3.05, 3.63) is 41.6 Å². The Kier molecular flexibility index (Phi) is 3.10. The van der Waals surface area contributed by atoms with E-state index in [1.807, 2.05) is 19.1 Å². The van der Waals surface area contributed by atoms with E-state index in [-0.39, 0.29) is 5.91 Å². The highest BCUT2D eigenvalue weighted by Gasteiger charge is 2.23. The molecule has 0 spiro atoms. The zero-order valence-electron chi connectivity index (χ0n) is 11.3. The third-order valence-corrected chi connectivity index (χ3v) is 3.33. The van der Waals surface area contributed by atoms with Crippen molar-refractivity contribution in [2.45, 2.75) is 25.8 Å². The van der Waals surface area contributed by atoms with Gasteiger partial charge in [0.1, 0.15) is 5.82 Å². The first kappa shape index (κ1) is 12.6. The maximum Gasteiger partial charge on any atom is 0.251 e. The number of nitrogens with two attached hydrogens (primary N) is 1. The van der Waals surface area contributed by atoms with Crippen molar-refractivity contribution in [3.8, 4) is 11.4 Å². The third-order valence-electron chi connectivity index (χ3n) is 3.33. The van der Waals surface area contributed by atoms with E-state index in [4.69, 9.17) is 5.73 Å². The smallest absolute Gasteiger partial charge is 0.251 e. The van der Waals surface area contributed by atoms with Gasteiger partial charge in [-0.3, -0.25) is 4.79 Å². The number of aryl methyl sites for hydroxylation is 1. The van der Waals surface area contributed by atoms with Crippen molar-refractivity contribution in [3.63, 3.8) is 0 Å². The van der Waals surface area contributed by atoms with E-state index in [0.29, 0.717) is 23.2 Å². The molecular weight excluding hydrogens is 252 g/mol. The van der Waals surface area contributed by atoms with Crippen LogP contribution in [0.1, 0.15) is 28.8 Å². The van der Waals surface area contributed by atoms with Crippen molar-refractivity contribution < 1.29 is 4.79 Å². The van der Waals surface area contributed by atoms with E-state index < -0.39 is 0 Å². The van der Waals surface area contributed by atoms with Gasteiger partial charge in [0.05, 0.1) is 0 Å². The molecular formula is C15H16N4O. The number of carbonyl (C=O) groups excluding carboxylic acids is 1. The number of nitrogen functional groups attached to an aromatic ring is 1. The Morgan fingerprint density at radius 1 is 1.30 bits per heavy atom. The number of carbonyl (C=O) groups is 1. The van der Waals surface area contributed by atoms with Crippen molar-refractivity contribution in [1.82, 2.24) is 15.3 Å². The van der Waals surface area contributed by atoms with Gasteiger partial charge in [0.2, 0.25) is 0 Å². The molecule has 20 heavy (non-hydrogen) atoms. The van der Waals surface area contributed by atoms with Crippen LogP contribution in [0, 0.1) is 6.92 Å². The van der Waals surface area contributed by atoms with Crippen LogP contribution in [0.5, 0.6) is 0 Å². The summed E-state index contributed by atoms with van der Waals surface area (Å²) < 4.78 is 0. The van der Waals surface area contributed by atoms with Gasteiger partial charge < -0.3 is 11.1 Å². The summed E-state index contributed by atoms with van der Waals surface area (Å²) >= 11 is 0. The Bertz CT molecular complexity index is 647. The van der Waals surface area contributed by atoms with Gasteiger partial charge in [0, 0.05) is 28.9 Å². The molecule has 3 rings (SSSR count). The SMILES string of the molecule is Cc1cnc(-c2ccc(C(=O)NC3CC3)cc2)nc1N. The van der Waals surface area contributed by atoms with Crippen molar-refractivity contribution in [1.29, 1.82) is 0 Å². The molecule has 0 atom stereocenters. The molecule has 102 valence electrons. The van der Waals surface area contributed by atoms with E-state index in [9.17, 15) is 4.79 Å². The van der Waals surface area contributed by atoms with Gasteiger partial charge in [0.25, 0.3) is 5.91 Å². The number of nitrogens with one attached hydrogen (secondary N) is 1. The van der Waals surface area contributed by atoms with Gasteiger partial charge in [0.15, 0.2) is 5.82 Å². The fraction of sp³-hybridized carbons (Fsp3) is 0.267. The van der Waals surface area contributed by atoms with Crippen LogP contribution in [0.3, 0.4) is 0 Å². The maximum absolute atomic E-state index is 11.9. The van der Waals surface area contributed by atoms with E-state index in [1.54, 1.807) is 18.3 Å². The minimum absolute atomic E-state index is 0.0246. The Morgan fingerprint density at radius 3 is 2.60 bits per heavy atom. The van der Waals surface area contributed by atoms with Gasteiger partial charge in [-0.25, -0.2) is 9.97 Å². The number of aromatic nitrogens is 2. The third kappa shape index (κ3) is 2.61. The predicted molar refractivity (Wildman–Crippen MR) is 77.1 cm³/mol. The van der Waals surface area contributed by atoms with Crippen LogP contribution in [0.2, 0.25) is 0 Å². The summed E-state index contributed by atoms with van der Waals surface area (Å²) in [6.07, 6.45) is 3.87. The first-order chi connectivity index (χ1) is 9.63. The molecule has 0 aliphatic heterocycles. The van der Waals surface area contributed by atoms with E-state index in [2.05, 4.69) is 15.3 Å². The average Bonchev–Trinajstić information content (AvgIpc) is 3.26. The first-order valence-electron chi connectivity index (χ1n) is 6.64. The number of hydrogen-bond donors (Lipinski definition) is 2. The molecule has 5 nitrogen and oxygen atoms in total. The zero-order chi connectivity index (χ0) is 14.1. The molecule has 0 bridgehead atoms. The highest BCUT2D eigenvalue weighted by atomic mass is 16.1. The monoisotopic (exact) mass is 268 g/mol. The number of benzene rings is 1. The number of hydrogen-bond acceptors (Lipinski definition) is 4. The highest BCUT2D eigenvalue weighted by Crippen LogP contribution is 2.21. The van der Waals surface area contributed by atoms with Crippen LogP contribution in [0.4, 0.5) is 5.82 Å². The second-order valence-corrected chi connectivity index (χ2v) is 5.09. The largest absolute Gasteiger partial charge is 0.383 e. The molecule has 1 saturated carbocycles. The second-order valence-electron chi connectivity index (χ2n) is 5.09. The predicted octanol–water partition coefficient (Wildman–Crippen LogP) is 1.93. The van der Waals surface area contributed by atoms with Gasteiger partial charge >= 0.3 is 0 Å². The summed E-state index contributed by atoms with van der Waals surface area (Å²) in [4.78, 5) is 20.4. The van der Waals surface area contributed by atoms with Crippen LogP contribution in [-0.2, 0) is 0 Å². The molecule has 1 aliphatic rings. The normalized spacial score (nSPS) is 14.1. The fourth-order valence-corrected chi connectivity index (χ4v) is 1.86. The fourth-order valence-electron chi connectivity index (χ4n) is 1.86. The van der Waals surface area contributed by atoms with E-state index in [1.165, 1.54) is 0 Å². The average molecular weight is 268 g/mol. The van der Waals surface area contributed by atoms with E-state index >= 15 is 0 Å². The number of anilines is 1. The number of nitrogens with zero attached hydrogens (tertiary/aromatic N) is 2. The molecule has 0 radical (unpaired) electrons. The molecule has 5 heteroatoms. The Morgan fingerprint density at radius 2 is 2.00 bits per heavy atom. The van der Waals surface area contributed by atoms with Crippen molar-refractivity contribution in [2.24, 2.45) is 0 Å². The van der Waals surface area contributed by atoms with Crippen LogP contribution in [0.15, 0.2) is 30.5 Å². The van der Waals surface area contributed by atoms with Gasteiger partial charge in [-0.1, -0.05) is 12.1 Å². The molecule has 2 aromatic rings. The quantitative estimate of drug-likeness (QED) is 0.891. The summed E-state index contributed by atoms with van der Waals surface area (Å²) in [5.41, 5.74) is 8.14. The molecule has 1 amide bonds. The summed E-state index contributed by atoms with van der Waals surface area (Å²) in [5.74, 6) is 1.02. The van der Waals surface area contributed by atoms with Gasteiger partial charge in [-0.05, 0) is 31.9 Å². The Hall–Kier alpha value is -2.43. The summed E-state index contributed by atoms with van der Waals surface area (Å²) in [5, 5.41) is 2.96. The lowest BCUT2D eigenvalue weighted by atomic mass is 10.1. The Labute approximate surface area is 117 Å². The molecule has 3 N–H and O–H groups in total. The summed E-state index contributed by atoms with van der Waals surface area (Å²) in [6, 6.07) is 7.61. The lowest BCUT2D eigenvalue weighted by Gasteiger charge is -2.06. The van der Waals surface area contributed by atoms with Crippen LogP contribution in [0.25, 0.3) is 11.4 Å². The maximum atomic E-state index is 11.9. The molecule has 1 aromatic heterocycles. The highest BCUT2D eigenvalue weighted by molar-refractivity contribution is 5.94. The van der Waals surface area contributed by atoms with Crippen molar-refractivity contribution in [2.75, 3.05) is 5.73 Å². The summed E-state index contributed by atoms with van der Waals surface area (Å²) in [6.45, 7) is 1.87. The van der Waals surface area contributed by atoms with Gasteiger partial charge in [-0.15, -0.1) is 0 Å². The second kappa shape index (κ2) is 4.92. The van der Waals surface area contributed by atoms with Crippen LogP contribution in [-0.4, -0.2) is 21.9 Å². The molecule has 1 aromatic carbocycles. The lowest BCUT2D eigenvalue weighted by molar-refractivity contribution is 0.0951. The number of rotatable bonds is 3. The molecule has 1 heterocycles. The summed E-state index contributed by atoms with van der Waals surface area (Å²) in [7, 11) is 0.